The number of aryl methyl sites for hydroxylation is 1. The van der Waals surface area contributed by atoms with Gasteiger partial charge in [0, 0.05) is 0 Å². The number of rotatable bonds is 11. The first-order valence-corrected chi connectivity index (χ1v) is 10.9. The molecule has 0 saturated carbocycles. The van der Waals surface area contributed by atoms with E-state index in [0.29, 0.717) is 0 Å². The van der Waals surface area contributed by atoms with Crippen LogP contribution in [0.3, 0.4) is 0 Å². The third-order valence-corrected chi connectivity index (χ3v) is 5.34. The fraction of sp³-hybridized carbons (Fsp3) is 0.429. The molecule has 0 fully saturated rings. The van der Waals surface area contributed by atoms with Gasteiger partial charge in [-0.15, -0.1) is 5.75 Å². The normalized spacial score (nSPS) is 11.1. The molecule has 0 saturated heterocycles. The van der Waals surface area contributed by atoms with Gasteiger partial charge in [0.05, 0.1) is 0 Å². The van der Waals surface area contributed by atoms with Gasteiger partial charge in [-0.25, -0.2) is 0 Å². The van der Waals surface area contributed by atoms with Crippen LogP contribution in [0.2, 0.25) is 0 Å². The van der Waals surface area contributed by atoms with Gasteiger partial charge in [-0.05, 0) is 37.1 Å². The van der Waals surface area contributed by atoms with E-state index in [1.807, 2.05) is 0 Å². The summed E-state index contributed by atoms with van der Waals surface area (Å²) in [6.07, 6.45) is 9.07. The number of hydrogen-bond donors (Lipinski definition) is 1. The smallest absolute Gasteiger partial charge is 0.872 e. The van der Waals surface area contributed by atoms with Crippen LogP contribution >= 0.6 is 0 Å². The van der Waals surface area contributed by atoms with Gasteiger partial charge in [-0.2, -0.15) is 8.42 Å². The minimum atomic E-state index is -4.40. The molecule has 0 aliphatic carbocycles. The molecular weight excluding hydrogens is 403 g/mol. The van der Waals surface area contributed by atoms with Crippen LogP contribution in [0.1, 0.15) is 57.4 Å². The molecule has 0 spiro atoms. The Kier molecular flexibility index (Phi) is 11.9. The Morgan fingerprint density at radius 1 is 0.964 bits per heavy atom. The molecule has 0 aromatic heterocycles. The maximum atomic E-state index is 12.3. The molecule has 2 aromatic carbocycles. The first kappa shape index (κ1) is 25.6. The molecule has 0 amide bonds. The van der Waals surface area contributed by atoms with Crippen molar-refractivity contribution < 1.29 is 74.2 Å². The summed E-state index contributed by atoms with van der Waals surface area (Å²) < 4.78 is 37.6. The fourth-order valence-electron chi connectivity index (χ4n) is 2.95. The Labute approximate surface area is 210 Å². The van der Waals surface area contributed by atoms with Crippen molar-refractivity contribution in [3.8, 4) is 17.2 Å². The number of unbranched alkanes of at least 4 members (excludes halogenated alkanes) is 6. The van der Waals surface area contributed by atoms with Crippen LogP contribution < -0.4 is 61.2 Å². The van der Waals surface area contributed by atoms with E-state index >= 15 is 0 Å². The molecule has 2 aromatic rings. The molecule has 0 bridgehead atoms. The van der Waals surface area contributed by atoms with E-state index in [4.69, 9.17) is 4.74 Å². The molecule has 0 unspecified atom stereocenters. The third kappa shape index (κ3) is 8.53. The SMILES string of the molecule is CCCCCCCCCc1ccc(Oc2ccccc2S(=O)(=O)O)cc1[O-].[K+]. The van der Waals surface area contributed by atoms with Crippen LogP contribution in [-0.4, -0.2) is 13.0 Å². The Morgan fingerprint density at radius 2 is 1.61 bits per heavy atom. The van der Waals surface area contributed by atoms with Crippen molar-refractivity contribution in [2.75, 3.05) is 0 Å². The largest absolute Gasteiger partial charge is 1.00 e. The van der Waals surface area contributed by atoms with Crippen molar-refractivity contribution in [1.29, 1.82) is 0 Å². The summed E-state index contributed by atoms with van der Waals surface area (Å²) in [5.74, 6) is 0.112. The predicted molar refractivity (Wildman–Crippen MR) is 104 cm³/mol. The summed E-state index contributed by atoms with van der Waals surface area (Å²) in [6.45, 7) is 2.20. The zero-order chi connectivity index (χ0) is 19.7. The van der Waals surface area contributed by atoms with Crippen molar-refractivity contribution in [3.05, 3.63) is 48.0 Å². The molecule has 0 aliphatic heterocycles. The summed E-state index contributed by atoms with van der Waals surface area (Å²) in [5.41, 5.74) is 0.735. The molecule has 5 nitrogen and oxygen atoms in total. The Morgan fingerprint density at radius 3 is 2.25 bits per heavy atom. The number of benzene rings is 2. The molecule has 1 N–H and O–H groups in total. The van der Waals surface area contributed by atoms with Crippen LogP contribution in [0.5, 0.6) is 17.2 Å². The maximum Gasteiger partial charge on any atom is 1.00 e. The molecule has 148 valence electrons. The van der Waals surface area contributed by atoms with E-state index in [1.54, 1.807) is 18.2 Å². The molecule has 0 radical (unpaired) electrons. The van der Waals surface area contributed by atoms with Crippen molar-refractivity contribution in [3.63, 3.8) is 0 Å². The number of hydrogen-bond acceptors (Lipinski definition) is 4. The van der Waals surface area contributed by atoms with E-state index in [-0.39, 0.29) is 73.5 Å². The molecule has 0 atom stereocenters. The number of para-hydroxylation sites is 1. The van der Waals surface area contributed by atoms with Gasteiger partial charge in [0.15, 0.2) is 0 Å². The molecular formula is C21H27KO5S. The van der Waals surface area contributed by atoms with Crippen LogP contribution in [0.15, 0.2) is 47.4 Å². The Bertz CT molecular complexity index is 836. The second-order valence-corrected chi connectivity index (χ2v) is 8.05. The van der Waals surface area contributed by atoms with E-state index in [2.05, 4.69) is 6.92 Å². The molecule has 0 heterocycles. The topological polar surface area (TPSA) is 86.7 Å². The van der Waals surface area contributed by atoms with Gasteiger partial charge in [0.25, 0.3) is 10.1 Å². The van der Waals surface area contributed by atoms with E-state index in [9.17, 15) is 18.1 Å². The summed E-state index contributed by atoms with van der Waals surface area (Å²) in [4.78, 5) is -0.329. The van der Waals surface area contributed by atoms with Gasteiger partial charge < -0.3 is 9.84 Å². The van der Waals surface area contributed by atoms with Gasteiger partial charge in [-0.1, -0.05) is 69.2 Å². The second kappa shape index (κ2) is 13.0. The zero-order valence-electron chi connectivity index (χ0n) is 16.7. The summed E-state index contributed by atoms with van der Waals surface area (Å²) in [6, 6.07) is 10.5. The van der Waals surface area contributed by atoms with E-state index in [0.717, 1.165) is 24.8 Å². The number of ether oxygens (including phenoxy) is 1. The predicted octanol–water partition coefficient (Wildman–Crippen LogP) is 2.10. The van der Waals surface area contributed by atoms with Gasteiger partial charge >= 0.3 is 51.4 Å². The Balaban J connectivity index is 0.00000392. The standard InChI is InChI=1S/C21H28O5S.K/c1-2-3-4-5-6-7-8-11-17-14-15-18(16-19(17)22)26-20-12-9-10-13-21(20)27(23,24)25;/h9-10,12-16,22H,2-8,11H2,1H3,(H,23,24,25);/q;+1/p-1. The maximum absolute atomic E-state index is 12.3. The van der Waals surface area contributed by atoms with Gasteiger partial charge in [0.2, 0.25) is 0 Å². The molecule has 7 heteroatoms. The second-order valence-electron chi connectivity index (χ2n) is 6.66. The first-order chi connectivity index (χ1) is 12.9. The summed E-state index contributed by atoms with van der Waals surface area (Å²) >= 11 is 0. The monoisotopic (exact) mass is 430 g/mol. The quantitative estimate of drug-likeness (QED) is 0.335. The van der Waals surface area contributed by atoms with Crippen molar-refractivity contribution in [1.82, 2.24) is 0 Å². The molecule has 0 aliphatic rings. The average molecular weight is 431 g/mol. The van der Waals surface area contributed by atoms with Gasteiger partial charge in [0.1, 0.15) is 16.4 Å². The molecule has 28 heavy (non-hydrogen) atoms. The Hall–Kier alpha value is -0.414. The minimum Gasteiger partial charge on any atom is -0.872 e. The van der Waals surface area contributed by atoms with Crippen LogP contribution in [0.4, 0.5) is 0 Å². The summed E-state index contributed by atoms with van der Waals surface area (Å²) in [7, 11) is -4.40. The van der Waals surface area contributed by atoms with E-state index < -0.39 is 10.1 Å². The van der Waals surface area contributed by atoms with Crippen molar-refractivity contribution in [2.24, 2.45) is 0 Å². The zero-order valence-corrected chi connectivity index (χ0v) is 20.6. The van der Waals surface area contributed by atoms with Gasteiger partial charge in [-0.3, -0.25) is 4.55 Å². The first-order valence-electron chi connectivity index (χ1n) is 9.46. The van der Waals surface area contributed by atoms with Crippen LogP contribution in [0, 0.1) is 0 Å². The van der Waals surface area contributed by atoms with E-state index in [1.165, 1.54) is 56.4 Å². The van der Waals surface area contributed by atoms with Crippen molar-refractivity contribution >= 4 is 10.1 Å². The van der Waals surface area contributed by atoms with Crippen LogP contribution in [-0.2, 0) is 16.5 Å². The average Bonchev–Trinajstić information content (AvgIpc) is 2.62. The fourth-order valence-corrected chi connectivity index (χ4v) is 3.57. The third-order valence-electron chi connectivity index (χ3n) is 4.44. The summed E-state index contributed by atoms with van der Waals surface area (Å²) in [5, 5.41) is 12.3. The molecule has 2 rings (SSSR count). The van der Waals surface area contributed by atoms with Crippen LogP contribution in [0.25, 0.3) is 0 Å². The minimum absolute atomic E-state index is 0. The van der Waals surface area contributed by atoms with Crippen molar-refractivity contribution in [2.45, 2.75) is 63.2 Å².